The van der Waals surface area contributed by atoms with Gasteiger partial charge in [0.2, 0.25) is 11.8 Å². The normalized spacial score (nSPS) is 14.2. The predicted octanol–water partition coefficient (Wildman–Crippen LogP) is 2.53. The number of nitrogens with one attached hydrogen (secondary N) is 3. The van der Waals surface area contributed by atoms with E-state index in [-0.39, 0.29) is 32.7 Å². The number of hydrogen-bond donors (Lipinski definition) is 3. The molecule has 0 saturated heterocycles. The highest BCUT2D eigenvalue weighted by Gasteiger charge is 2.34. The molecular weight excluding hydrogens is 731 g/mol. The Bertz CT molecular complexity index is 1300. The van der Waals surface area contributed by atoms with E-state index in [9.17, 15) is 24.0 Å². The first-order chi connectivity index (χ1) is 21.9. The lowest BCUT2D eigenvalue weighted by Gasteiger charge is -2.33. The first kappa shape index (κ1) is 39.0. The van der Waals surface area contributed by atoms with Crippen molar-refractivity contribution in [3.05, 3.63) is 52.0 Å². The summed E-state index contributed by atoms with van der Waals surface area (Å²) in [6, 6.07) is 6.84. The van der Waals surface area contributed by atoms with Crippen LogP contribution in [0.5, 0.6) is 0 Å². The Labute approximate surface area is 287 Å². The molecular formula is C31H43IN4O9S. The average molecular weight is 775 g/mol. The van der Waals surface area contributed by atoms with Crippen LogP contribution < -0.4 is 16.0 Å². The van der Waals surface area contributed by atoms with Crippen LogP contribution in [0.2, 0.25) is 0 Å². The Balaban J connectivity index is 2.17. The summed E-state index contributed by atoms with van der Waals surface area (Å²) in [4.78, 5) is 67.7. The Morgan fingerprint density at radius 1 is 0.978 bits per heavy atom. The molecule has 0 aliphatic rings. The van der Waals surface area contributed by atoms with Crippen molar-refractivity contribution < 1.29 is 42.9 Å². The summed E-state index contributed by atoms with van der Waals surface area (Å²) < 4.78 is 21.6. The second-order valence-corrected chi connectivity index (χ2v) is 12.8. The number of rotatable bonds is 20. The van der Waals surface area contributed by atoms with Gasteiger partial charge in [-0.3, -0.25) is 24.0 Å². The Morgan fingerprint density at radius 2 is 1.61 bits per heavy atom. The van der Waals surface area contributed by atoms with Gasteiger partial charge in [-0.2, -0.15) is 0 Å². The number of nitrogens with zero attached hydrogens (tertiary/aromatic N) is 1. The highest BCUT2D eigenvalue weighted by atomic mass is 127. The lowest BCUT2D eigenvalue weighted by atomic mass is 9.93. The van der Waals surface area contributed by atoms with Crippen molar-refractivity contribution in [1.29, 1.82) is 0 Å². The fourth-order valence-corrected chi connectivity index (χ4v) is 5.59. The zero-order valence-electron chi connectivity index (χ0n) is 26.8. The molecule has 1 aromatic heterocycles. The van der Waals surface area contributed by atoms with E-state index in [4.69, 9.17) is 18.9 Å². The highest BCUT2D eigenvalue weighted by Crippen LogP contribution is 2.24. The van der Waals surface area contributed by atoms with Gasteiger partial charge in [-0.1, -0.05) is 52.9 Å². The number of esters is 2. The second kappa shape index (κ2) is 20.2. The van der Waals surface area contributed by atoms with Crippen LogP contribution in [0, 0.1) is 6.92 Å². The lowest BCUT2D eigenvalue weighted by molar-refractivity contribution is -0.158. The van der Waals surface area contributed by atoms with Gasteiger partial charge in [0, 0.05) is 44.5 Å². The molecule has 0 bridgehead atoms. The number of methoxy groups -OCH3 is 2. The van der Waals surface area contributed by atoms with Gasteiger partial charge in [-0.15, -0.1) is 11.3 Å². The van der Waals surface area contributed by atoms with Gasteiger partial charge in [0.05, 0.1) is 31.0 Å². The Hall–Kier alpha value is -3.15. The summed E-state index contributed by atoms with van der Waals surface area (Å²) in [5.41, 5.74) is 0.0130. The Morgan fingerprint density at radius 3 is 2.17 bits per heavy atom. The van der Waals surface area contributed by atoms with Gasteiger partial charge in [-0.05, 0) is 32.3 Å². The zero-order valence-corrected chi connectivity index (χ0v) is 29.7. The number of carbonyl (C=O) groups excluding carboxylic acids is 5. The quantitative estimate of drug-likeness (QED) is 0.0787. The van der Waals surface area contributed by atoms with Crippen LogP contribution in [0.1, 0.15) is 53.4 Å². The van der Waals surface area contributed by atoms with Crippen molar-refractivity contribution in [3.8, 4) is 0 Å². The number of ether oxygens (including phenoxy) is 4. The first-order valence-electron chi connectivity index (χ1n) is 14.7. The molecule has 3 amide bonds. The summed E-state index contributed by atoms with van der Waals surface area (Å²) in [7, 11) is 2.80. The van der Waals surface area contributed by atoms with E-state index in [0.717, 1.165) is 5.56 Å². The van der Waals surface area contributed by atoms with Crippen molar-refractivity contribution in [3.63, 3.8) is 0 Å². The van der Waals surface area contributed by atoms with Crippen molar-refractivity contribution in [2.75, 3.05) is 38.5 Å². The maximum absolute atomic E-state index is 13.6. The second-order valence-electron chi connectivity index (χ2n) is 10.8. The molecule has 13 nitrogen and oxygen atoms in total. The smallest absolute Gasteiger partial charge is 0.306 e. The third-order valence-electron chi connectivity index (χ3n) is 6.59. The monoisotopic (exact) mass is 774 g/mol. The molecule has 15 heteroatoms. The molecule has 2 aromatic rings. The van der Waals surface area contributed by atoms with Crippen LogP contribution in [-0.4, -0.2) is 96.8 Å². The van der Waals surface area contributed by atoms with Gasteiger partial charge in [0.25, 0.3) is 5.91 Å². The number of aromatic nitrogens is 1. The number of amides is 3. The number of aryl methyl sites for hydroxylation is 1. The predicted molar refractivity (Wildman–Crippen MR) is 180 cm³/mol. The van der Waals surface area contributed by atoms with E-state index >= 15 is 0 Å². The molecule has 1 heterocycles. The van der Waals surface area contributed by atoms with Gasteiger partial charge in [0.1, 0.15) is 22.6 Å². The molecule has 0 aliphatic heterocycles. The summed E-state index contributed by atoms with van der Waals surface area (Å²) in [6.07, 6.45) is 2.52. The van der Waals surface area contributed by atoms with E-state index < -0.39 is 53.4 Å². The fraction of sp³-hybridized carbons (Fsp3) is 0.548. The first-order valence-corrected chi connectivity index (χ1v) is 17.0. The van der Waals surface area contributed by atoms with Crippen LogP contribution >= 0.6 is 33.9 Å². The van der Waals surface area contributed by atoms with Crippen molar-refractivity contribution in [2.45, 2.75) is 70.2 Å². The largest absolute Gasteiger partial charge is 0.466 e. The number of halogens is 1. The third kappa shape index (κ3) is 14.1. The van der Waals surface area contributed by atoms with Crippen molar-refractivity contribution >= 4 is 63.6 Å². The summed E-state index contributed by atoms with van der Waals surface area (Å²) >= 11 is 3.33. The van der Waals surface area contributed by atoms with Crippen LogP contribution in [0.4, 0.5) is 0 Å². The summed E-state index contributed by atoms with van der Waals surface area (Å²) in [5.74, 6) is -2.50. The number of benzene rings is 1. The topological polar surface area (TPSA) is 171 Å². The SMILES string of the molecule is COC[C@H](NC(=O)c1cnc(C)s1)C(=O)N[C@@H](COC)C(=O)N[C@@H](Cc1ccccc1)CC(C)(CI)OC(=O)CCCOC(C)=O. The zero-order chi connectivity index (χ0) is 34.1. The highest BCUT2D eigenvalue weighted by molar-refractivity contribution is 14.1. The lowest BCUT2D eigenvalue weighted by Crippen LogP contribution is -2.58. The summed E-state index contributed by atoms with van der Waals surface area (Å²) in [6.45, 7) is 4.71. The molecule has 0 fully saturated rings. The van der Waals surface area contributed by atoms with E-state index in [0.29, 0.717) is 27.2 Å². The van der Waals surface area contributed by atoms with E-state index in [1.54, 1.807) is 13.8 Å². The Kier molecular flexibility index (Phi) is 17.1. The van der Waals surface area contributed by atoms with Crippen LogP contribution in [0.3, 0.4) is 0 Å². The minimum atomic E-state index is -1.10. The molecule has 4 atom stereocenters. The molecule has 0 saturated carbocycles. The van der Waals surface area contributed by atoms with Crippen molar-refractivity contribution in [2.24, 2.45) is 0 Å². The van der Waals surface area contributed by atoms with Crippen molar-refractivity contribution in [1.82, 2.24) is 20.9 Å². The van der Waals surface area contributed by atoms with E-state index in [1.807, 2.05) is 30.3 Å². The number of alkyl halides is 1. The van der Waals surface area contributed by atoms with Gasteiger partial charge in [0.15, 0.2) is 0 Å². The maximum atomic E-state index is 13.6. The fourth-order valence-electron chi connectivity index (χ4n) is 4.44. The molecule has 46 heavy (non-hydrogen) atoms. The molecule has 1 unspecified atom stereocenters. The van der Waals surface area contributed by atoms with Crippen LogP contribution in [0.15, 0.2) is 36.5 Å². The van der Waals surface area contributed by atoms with Gasteiger partial charge < -0.3 is 34.9 Å². The number of carbonyl (C=O) groups is 5. The third-order valence-corrected chi connectivity index (χ3v) is 9.11. The van der Waals surface area contributed by atoms with Crippen LogP contribution in [0.25, 0.3) is 0 Å². The maximum Gasteiger partial charge on any atom is 0.306 e. The molecule has 0 aliphatic carbocycles. The minimum Gasteiger partial charge on any atom is -0.466 e. The van der Waals surface area contributed by atoms with Crippen LogP contribution in [-0.2, 0) is 44.5 Å². The molecule has 3 N–H and O–H groups in total. The van der Waals surface area contributed by atoms with Gasteiger partial charge in [-0.25, -0.2) is 4.98 Å². The van der Waals surface area contributed by atoms with Gasteiger partial charge >= 0.3 is 11.9 Å². The van der Waals surface area contributed by atoms with E-state index in [2.05, 4.69) is 43.5 Å². The molecule has 1 aromatic carbocycles. The molecule has 0 radical (unpaired) electrons. The standard InChI is InChI=1S/C31H43IN4O9S/c1-20-33-16-26(46-20)30(41)36-25(18-43-5)29(40)35-24(17-42-4)28(39)34-23(14-22-10-7-6-8-11-22)15-31(3,19-32)45-27(38)12-9-13-44-21(2)37/h6-8,10-11,16,23-25H,9,12-15,17-19H2,1-5H3,(H,34,39)(H,35,40)(H,36,41)/t23-,24-,25-,31?/m0/s1. The number of hydrogen-bond acceptors (Lipinski definition) is 11. The molecule has 0 spiro atoms. The van der Waals surface area contributed by atoms with E-state index in [1.165, 1.54) is 38.7 Å². The average Bonchev–Trinajstić information content (AvgIpc) is 3.45. The number of thiazole rings is 1. The summed E-state index contributed by atoms with van der Waals surface area (Å²) in [5, 5.41) is 9.02. The minimum absolute atomic E-state index is 0.0684. The molecule has 2 rings (SSSR count). The molecule has 254 valence electrons.